The van der Waals surface area contributed by atoms with E-state index in [0.717, 1.165) is 16.8 Å². The molecule has 0 aliphatic carbocycles. The van der Waals surface area contributed by atoms with Crippen molar-refractivity contribution in [2.24, 2.45) is 7.05 Å². The molecule has 21 heavy (non-hydrogen) atoms. The van der Waals surface area contributed by atoms with Crippen LogP contribution in [0.3, 0.4) is 0 Å². The van der Waals surface area contributed by atoms with Crippen molar-refractivity contribution in [1.29, 1.82) is 0 Å². The van der Waals surface area contributed by atoms with Crippen LogP contribution in [0.1, 0.15) is 65.9 Å². The van der Waals surface area contributed by atoms with E-state index in [4.69, 9.17) is 4.11 Å². The van der Waals surface area contributed by atoms with Crippen LogP contribution < -0.4 is 4.57 Å². The van der Waals surface area contributed by atoms with E-state index in [1.165, 1.54) is 11.1 Å². The first-order valence-corrected chi connectivity index (χ1v) is 7.67. The van der Waals surface area contributed by atoms with E-state index in [2.05, 4.69) is 51.6 Å². The summed E-state index contributed by atoms with van der Waals surface area (Å²) in [6, 6.07) is 7.71. The van der Waals surface area contributed by atoms with Gasteiger partial charge < -0.3 is 0 Å². The first-order chi connectivity index (χ1) is 11.0. The second-order valence-corrected chi connectivity index (χ2v) is 6.52. The first kappa shape index (κ1) is 12.0. The number of hydrogen-bond acceptors (Lipinski definition) is 0. The molecule has 0 saturated heterocycles. The van der Waals surface area contributed by atoms with Gasteiger partial charge in [0.25, 0.3) is 0 Å². The van der Waals surface area contributed by atoms with Crippen LogP contribution >= 0.6 is 0 Å². The van der Waals surface area contributed by atoms with Gasteiger partial charge in [0.05, 0.1) is 0 Å². The minimum atomic E-state index is -2.06. The van der Waals surface area contributed by atoms with Crippen molar-refractivity contribution in [3.63, 3.8) is 0 Å². The van der Waals surface area contributed by atoms with Crippen LogP contribution in [0.4, 0.5) is 0 Å². The minimum Gasteiger partial charge on any atom is -0.201 e. The summed E-state index contributed by atoms with van der Waals surface area (Å²) in [5, 5.41) is 0. The van der Waals surface area contributed by atoms with Crippen LogP contribution in [0.25, 0.3) is 11.3 Å². The van der Waals surface area contributed by atoms with E-state index in [-0.39, 0.29) is 0 Å². The van der Waals surface area contributed by atoms with Crippen LogP contribution in [0.2, 0.25) is 0 Å². The fourth-order valence-electron chi connectivity index (χ4n) is 2.89. The summed E-state index contributed by atoms with van der Waals surface area (Å²) in [6.07, 6.45) is 2.21. The summed E-state index contributed by atoms with van der Waals surface area (Å²) in [6.45, 7) is 8.80. The summed E-state index contributed by atoms with van der Waals surface area (Å²) in [7, 11) is 2.06. The first-order valence-electron chi connectivity index (χ1n) is 9.17. The monoisotopic (exact) mass is 285 g/mol. The van der Waals surface area contributed by atoms with Gasteiger partial charge in [-0.2, -0.15) is 0 Å². The lowest BCUT2D eigenvalue weighted by atomic mass is 9.90. The number of benzene rings is 1. The van der Waals surface area contributed by atoms with Gasteiger partial charge in [0, 0.05) is 21.3 Å². The third-order valence-corrected chi connectivity index (χ3v) is 4.08. The molecule has 1 heteroatoms. The van der Waals surface area contributed by atoms with Crippen LogP contribution in [0, 0.1) is 13.8 Å². The maximum atomic E-state index is 7.58. The number of pyridine rings is 1. The molecule has 1 nitrogen and oxygen atoms in total. The lowest BCUT2D eigenvalue weighted by Gasteiger charge is -2.16. The van der Waals surface area contributed by atoms with Crippen molar-refractivity contribution in [2.45, 2.75) is 53.3 Å². The Kier molecular flexibility index (Phi) is 3.42. The summed E-state index contributed by atoms with van der Waals surface area (Å²) in [5.41, 5.74) is 6.33. The van der Waals surface area contributed by atoms with Crippen molar-refractivity contribution >= 4 is 0 Å². The largest absolute Gasteiger partial charge is 0.212 e. The van der Waals surface area contributed by atoms with Crippen LogP contribution in [-0.4, -0.2) is 0 Å². The minimum absolute atomic E-state index is 0.397. The van der Waals surface area contributed by atoms with Crippen LogP contribution in [0.5, 0.6) is 0 Å². The normalized spacial score (nSPS) is 14.2. The number of aromatic nitrogens is 1. The molecule has 0 amide bonds. The molecule has 0 atom stereocenters. The van der Waals surface area contributed by atoms with Gasteiger partial charge in [0.15, 0.2) is 6.20 Å². The molecule has 0 aliphatic rings. The van der Waals surface area contributed by atoms with E-state index in [0.29, 0.717) is 17.4 Å². The van der Waals surface area contributed by atoms with E-state index in [9.17, 15) is 0 Å². The third-order valence-electron chi connectivity index (χ3n) is 4.08. The Labute approximate surface area is 133 Å². The molecule has 0 fully saturated rings. The maximum absolute atomic E-state index is 7.58. The maximum Gasteiger partial charge on any atom is 0.212 e. The van der Waals surface area contributed by atoms with Gasteiger partial charge in [0.2, 0.25) is 5.69 Å². The van der Waals surface area contributed by atoms with Crippen molar-refractivity contribution < 1.29 is 8.68 Å². The number of nitrogens with zero attached hydrogens (tertiary/aromatic N) is 1. The zero-order chi connectivity index (χ0) is 18.2. The molecule has 0 unspecified atom stereocenters. The topological polar surface area (TPSA) is 3.88 Å². The molecule has 1 aromatic carbocycles. The van der Waals surface area contributed by atoms with Gasteiger partial charge in [-0.05, 0) is 42.8 Å². The third kappa shape index (κ3) is 3.18. The van der Waals surface area contributed by atoms with Crippen molar-refractivity contribution in [1.82, 2.24) is 0 Å². The Hall–Kier alpha value is -1.63. The smallest absolute Gasteiger partial charge is 0.201 e. The molecule has 1 aromatic heterocycles. The standard InChI is InChI=1S/C20H28N/c1-13(2)18-11-20(21(7)12-19(18)14(3)4)17-9-8-15(5)10-16(17)6/h8-14H,1-7H3/q+1/i5D3. The summed E-state index contributed by atoms with van der Waals surface area (Å²) in [5.74, 6) is 0.922. The zero-order valence-corrected chi connectivity index (χ0v) is 14.0. The highest BCUT2D eigenvalue weighted by Crippen LogP contribution is 2.29. The summed E-state index contributed by atoms with van der Waals surface area (Å²) >= 11 is 0. The molecule has 0 aliphatic heterocycles. The lowest BCUT2D eigenvalue weighted by molar-refractivity contribution is -0.661. The molecule has 1 heterocycles. The molecule has 0 radical (unpaired) electrons. The molecular weight excluding hydrogens is 254 g/mol. The van der Waals surface area contributed by atoms with Gasteiger partial charge in [-0.25, -0.2) is 4.57 Å². The van der Waals surface area contributed by atoms with Crippen molar-refractivity contribution in [3.05, 3.63) is 52.7 Å². The Morgan fingerprint density at radius 3 is 2.19 bits per heavy atom. The summed E-state index contributed by atoms with van der Waals surface area (Å²) in [4.78, 5) is 0. The molecule has 0 bridgehead atoms. The summed E-state index contributed by atoms with van der Waals surface area (Å²) < 4.78 is 24.9. The predicted molar refractivity (Wildman–Crippen MR) is 90.7 cm³/mol. The van der Waals surface area contributed by atoms with Gasteiger partial charge in [0.1, 0.15) is 7.05 Å². The van der Waals surface area contributed by atoms with Crippen molar-refractivity contribution in [3.8, 4) is 11.3 Å². The highest BCUT2D eigenvalue weighted by atomic mass is 14.9. The molecule has 2 rings (SSSR count). The van der Waals surface area contributed by atoms with Crippen molar-refractivity contribution in [2.75, 3.05) is 0 Å². The molecule has 0 saturated carbocycles. The quantitative estimate of drug-likeness (QED) is 0.695. The number of aryl methyl sites for hydroxylation is 3. The number of hydrogen-bond donors (Lipinski definition) is 0. The number of rotatable bonds is 3. The Morgan fingerprint density at radius 1 is 1.00 bits per heavy atom. The van der Waals surface area contributed by atoms with Crippen LogP contribution in [-0.2, 0) is 7.05 Å². The van der Waals surface area contributed by atoms with Crippen LogP contribution in [0.15, 0.2) is 30.5 Å². The van der Waals surface area contributed by atoms with E-state index in [1.807, 2.05) is 13.0 Å². The molecular formula is C20H28N+. The molecule has 0 N–H and O–H groups in total. The lowest BCUT2D eigenvalue weighted by Crippen LogP contribution is -2.32. The van der Waals surface area contributed by atoms with E-state index < -0.39 is 6.85 Å². The fourth-order valence-corrected chi connectivity index (χ4v) is 2.89. The average Bonchev–Trinajstić information content (AvgIpc) is 2.45. The van der Waals surface area contributed by atoms with Gasteiger partial charge in [-0.15, -0.1) is 0 Å². The van der Waals surface area contributed by atoms with E-state index in [1.54, 1.807) is 12.1 Å². The second kappa shape index (κ2) is 6.01. The Bertz CT molecular complexity index is 743. The zero-order valence-electron chi connectivity index (χ0n) is 17.0. The predicted octanol–water partition coefficient (Wildman–Crippen LogP) is 5.04. The van der Waals surface area contributed by atoms with Gasteiger partial charge in [-0.1, -0.05) is 45.4 Å². The van der Waals surface area contributed by atoms with Gasteiger partial charge >= 0.3 is 0 Å². The highest BCUT2D eigenvalue weighted by molar-refractivity contribution is 5.62. The molecule has 0 spiro atoms. The fraction of sp³-hybridized carbons (Fsp3) is 0.450. The molecule has 2 aromatic rings. The second-order valence-electron chi connectivity index (χ2n) is 6.52. The Morgan fingerprint density at radius 2 is 1.67 bits per heavy atom. The van der Waals surface area contributed by atoms with E-state index >= 15 is 0 Å². The molecule has 112 valence electrons. The SMILES string of the molecule is [2H]C([2H])([2H])c1ccc(-c2cc(C(C)C)c(C(C)C)c[n+]2C)c(C)c1. The highest BCUT2D eigenvalue weighted by Gasteiger charge is 2.20. The average molecular weight is 285 g/mol. The Balaban J connectivity index is 2.63. The van der Waals surface area contributed by atoms with Gasteiger partial charge in [-0.3, -0.25) is 0 Å².